The number of rotatable bonds is 4. The average Bonchev–Trinajstić information content (AvgIpc) is 3.19. The van der Waals surface area contributed by atoms with Crippen LogP contribution in [0, 0.1) is 21.7 Å². The first-order valence-corrected chi connectivity index (χ1v) is 10.4. The molecule has 13 heteroatoms. The number of oxazole rings is 1. The number of carbonyl (C=O) groups is 1. The predicted molar refractivity (Wildman–Crippen MR) is 126 cm³/mol. The molecule has 34 heavy (non-hydrogen) atoms. The number of halogens is 4. The molecule has 3 aromatic carbocycles. The summed E-state index contributed by atoms with van der Waals surface area (Å²) in [6, 6.07) is 9.82. The van der Waals surface area contributed by atoms with E-state index < -0.39 is 22.5 Å². The summed E-state index contributed by atoms with van der Waals surface area (Å²) in [5.41, 5.74) is 0.948. The zero-order valence-corrected chi connectivity index (χ0v) is 18.9. The lowest BCUT2D eigenvalue weighted by atomic mass is 10.2. The van der Waals surface area contributed by atoms with E-state index >= 15 is 0 Å². The van der Waals surface area contributed by atoms with E-state index in [1.165, 1.54) is 6.07 Å². The van der Waals surface area contributed by atoms with Crippen LogP contribution in [0.2, 0.25) is 10.0 Å². The Hall–Kier alpha value is -3.67. The van der Waals surface area contributed by atoms with Crippen LogP contribution in [0.1, 0.15) is 10.4 Å². The van der Waals surface area contributed by atoms with Gasteiger partial charge in [0.25, 0.3) is 11.6 Å². The maximum atomic E-state index is 13.6. The van der Waals surface area contributed by atoms with Crippen molar-refractivity contribution in [3.63, 3.8) is 0 Å². The Labute approximate surface area is 204 Å². The van der Waals surface area contributed by atoms with Crippen LogP contribution < -0.4 is 10.6 Å². The lowest BCUT2D eigenvalue weighted by molar-refractivity contribution is -0.384. The quantitative estimate of drug-likeness (QED) is 0.144. The summed E-state index contributed by atoms with van der Waals surface area (Å²) >= 11 is 17.1. The number of aromatic nitrogens is 1. The molecule has 1 aromatic heterocycles. The zero-order chi connectivity index (χ0) is 24.6. The molecule has 0 fully saturated rings. The molecule has 2 N–H and O–H groups in total. The number of nitro groups is 1. The van der Waals surface area contributed by atoms with Crippen LogP contribution in [0.25, 0.3) is 22.6 Å². The van der Waals surface area contributed by atoms with Gasteiger partial charge < -0.3 is 9.73 Å². The Kier molecular flexibility index (Phi) is 6.42. The van der Waals surface area contributed by atoms with Gasteiger partial charge in [-0.05, 0) is 48.6 Å². The molecular weight excluding hydrogens is 513 g/mol. The van der Waals surface area contributed by atoms with Gasteiger partial charge in [-0.3, -0.25) is 20.2 Å². The van der Waals surface area contributed by atoms with Gasteiger partial charge in [-0.15, -0.1) is 0 Å². The highest BCUT2D eigenvalue weighted by atomic mass is 35.5. The molecule has 0 unspecified atom stereocenters. The molecular formula is C21H10Cl2F2N4O4S. The molecule has 1 amide bonds. The molecule has 0 radical (unpaired) electrons. The number of non-ortho nitro benzene ring substituents is 1. The van der Waals surface area contributed by atoms with Crippen molar-refractivity contribution in [1.29, 1.82) is 0 Å². The van der Waals surface area contributed by atoms with Gasteiger partial charge in [-0.2, -0.15) is 0 Å². The number of amides is 1. The van der Waals surface area contributed by atoms with Crippen molar-refractivity contribution in [3.05, 3.63) is 85.9 Å². The Morgan fingerprint density at radius 3 is 2.50 bits per heavy atom. The maximum Gasteiger partial charge on any atom is 0.270 e. The number of carbonyl (C=O) groups excluding carboxylic acids is 1. The van der Waals surface area contributed by atoms with Gasteiger partial charge >= 0.3 is 0 Å². The van der Waals surface area contributed by atoms with Crippen molar-refractivity contribution in [2.45, 2.75) is 0 Å². The summed E-state index contributed by atoms with van der Waals surface area (Å²) in [6.45, 7) is 0. The normalized spacial score (nSPS) is 10.8. The monoisotopic (exact) mass is 522 g/mol. The summed E-state index contributed by atoms with van der Waals surface area (Å²) in [4.78, 5) is 26.8. The number of hydrogen-bond donors (Lipinski definition) is 2. The molecule has 0 saturated carbocycles. The summed E-state index contributed by atoms with van der Waals surface area (Å²) in [7, 11) is 0. The first kappa shape index (κ1) is 23.5. The van der Waals surface area contributed by atoms with Gasteiger partial charge in [0.05, 0.1) is 26.1 Å². The predicted octanol–water partition coefficient (Wildman–Crippen LogP) is 6.11. The Morgan fingerprint density at radius 2 is 1.79 bits per heavy atom. The first-order chi connectivity index (χ1) is 16.1. The van der Waals surface area contributed by atoms with E-state index in [9.17, 15) is 23.7 Å². The van der Waals surface area contributed by atoms with Crippen molar-refractivity contribution < 1.29 is 22.9 Å². The van der Waals surface area contributed by atoms with Crippen LogP contribution in [0.3, 0.4) is 0 Å². The summed E-state index contributed by atoms with van der Waals surface area (Å²) in [5.74, 6) is -2.88. The van der Waals surface area contributed by atoms with Gasteiger partial charge in [0.2, 0.25) is 5.89 Å². The van der Waals surface area contributed by atoms with Gasteiger partial charge in [-0.25, -0.2) is 13.8 Å². The lowest BCUT2D eigenvalue weighted by Gasteiger charge is -2.10. The molecule has 0 atom stereocenters. The molecule has 4 aromatic rings. The third kappa shape index (κ3) is 4.81. The molecule has 0 spiro atoms. The fraction of sp³-hybridized carbons (Fsp3) is 0. The number of anilines is 1. The van der Waals surface area contributed by atoms with Crippen molar-refractivity contribution in [1.82, 2.24) is 10.3 Å². The number of thiocarbonyl (C=S) groups is 1. The van der Waals surface area contributed by atoms with E-state index in [0.29, 0.717) is 16.8 Å². The number of fused-ring (bicyclic) bond motifs is 1. The van der Waals surface area contributed by atoms with E-state index in [-0.39, 0.29) is 37.9 Å². The molecule has 172 valence electrons. The van der Waals surface area contributed by atoms with E-state index in [1.807, 2.05) is 0 Å². The van der Waals surface area contributed by atoms with Crippen LogP contribution in [0.5, 0.6) is 0 Å². The molecule has 1 heterocycles. The Morgan fingerprint density at radius 1 is 1.06 bits per heavy atom. The number of nitro benzene ring substituents is 1. The fourth-order valence-electron chi connectivity index (χ4n) is 2.94. The molecule has 0 saturated heterocycles. The van der Waals surface area contributed by atoms with E-state index in [4.69, 9.17) is 39.8 Å². The number of nitrogens with zero attached hydrogens (tertiary/aromatic N) is 2. The second-order valence-corrected chi connectivity index (χ2v) is 8.00. The SMILES string of the molecule is O=C(NC(=S)Nc1ccc2oc(-c3cc(F)c(F)cc3Cl)nc2c1)c1ccc([N+](=O)[O-])cc1Cl. The average molecular weight is 523 g/mol. The first-order valence-electron chi connectivity index (χ1n) is 9.24. The number of benzene rings is 3. The summed E-state index contributed by atoms with van der Waals surface area (Å²) in [5, 5.41) is 15.8. The minimum Gasteiger partial charge on any atom is -0.436 e. The Balaban J connectivity index is 1.50. The molecule has 0 aliphatic rings. The minimum atomic E-state index is -1.10. The van der Waals surface area contributed by atoms with Gasteiger partial charge in [0.1, 0.15) is 5.52 Å². The highest BCUT2D eigenvalue weighted by Crippen LogP contribution is 2.32. The van der Waals surface area contributed by atoms with Gasteiger partial charge in [-0.1, -0.05) is 23.2 Å². The third-order valence-electron chi connectivity index (χ3n) is 4.52. The van der Waals surface area contributed by atoms with Crippen LogP contribution in [-0.2, 0) is 0 Å². The van der Waals surface area contributed by atoms with E-state index in [0.717, 1.165) is 24.3 Å². The number of nitrogens with one attached hydrogen (secondary N) is 2. The smallest absolute Gasteiger partial charge is 0.270 e. The van der Waals surface area contributed by atoms with Crippen molar-refractivity contribution in [2.75, 3.05) is 5.32 Å². The summed E-state index contributed by atoms with van der Waals surface area (Å²) < 4.78 is 32.5. The molecule has 8 nitrogen and oxygen atoms in total. The van der Waals surface area contributed by atoms with E-state index in [2.05, 4.69) is 15.6 Å². The summed E-state index contributed by atoms with van der Waals surface area (Å²) in [6.07, 6.45) is 0. The fourth-order valence-corrected chi connectivity index (χ4v) is 3.64. The van der Waals surface area contributed by atoms with Crippen LogP contribution in [-0.4, -0.2) is 20.9 Å². The number of hydrogen-bond acceptors (Lipinski definition) is 6. The standard InChI is InChI=1S/C21H10Cl2F2N4O4S/c22-13-6-10(29(31)32)2-3-11(13)19(30)28-21(34)26-9-1-4-18-17(5-9)27-20(33-18)12-7-15(24)16(25)8-14(12)23/h1-8H,(H2,26,28,30,34). The molecule has 0 bridgehead atoms. The topological polar surface area (TPSA) is 110 Å². The highest BCUT2D eigenvalue weighted by Gasteiger charge is 2.18. The van der Waals surface area contributed by atoms with E-state index in [1.54, 1.807) is 18.2 Å². The Bertz CT molecular complexity index is 1500. The van der Waals surface area contributed by atoms with Gasteiger partial charge in [0, 0.05) is 17.8 Å². The molecule has 4 rings (SSSR count). The zero-order valence-electron chi connectivity index (χ0n) is 16.6. The van der Waals surface area contributed by atoms with Crippen LogP contribution >= 0.6 is 35.4 Å². The largest absolute Gasteiger partial charge is 0.436 e. The maximum absolute atomic E-state index is 13.6. The highest BCUT2D eigenvalue weighted by molar-refractivity contribution is 7.80. The second-order valence-electron chi connectivity index (χ2n) is 6.78. The van der Waals surface area contributed by atoms with Crippen LogP contribution in [0.15, 0.2) is 52.9 Å². The van der Waals surface area contributed by atoms with Crippen molar-refractivity contribution in [3.8, 4) is 11.5 Å². The molecule has 0 aliphatic heterocycles. The minimum absolute atomic E-state index is 0.00331. The third-order valence-corrected chi connectivity index (χ3v) is 5.35. The van der Waals surface area contributed by atoms with Crippen LogP contribution in [0.4, 0.5) is 20.2 Å². The van der Waals surface area contributed by atoms with Gasteiger partial charge in [0.15, 0.2) is 22.3 Å². The van der Waals surface area contributed by atoms with Crippen molar-refractivity contribution >= 4 is 68.9 Å². The van der Waals surface area contributed by atoms with Crippen molar-refractivity contribution in [2.24, 2.45) is 0 Å². The second kappa shape index (κ2) is 9.29. The molecule has 0 aliphatic carbocycles. The lowest BCUT2D eigenvalue weighted by Crippen LogP contribution is -2.34.